The summed E-state index contributed by atoms with van der Waals surface area (Å²) in [6.07, 6.45) is 0.678. The van der Waals surface area contributed by atoms with E-state index in [0.717, 1.165) is 29.7 Å². The summed E-state index contributed by atoms with van der Waals surface area (Å²) in [5.41, 5.74) is -0.216. The maximum absolute atomic E-state index is 13.1. The number of aromatic nitrogens is 4. The van der Waals surface area contributed by atoms with E-state index in [2.05, 4.69) is 19.9 Å². The molecule has 206 valence electrons. The molecule has 37 heavy (non-hydrogen) atoms. The van der Waals surface area contributed by atoms with Crippen LogP contribution < -0.4 is 10.3 Å². The van der Waals surface area contributed by atoms with Crippen LogP contribution in [0.2, 0.25) is 0 Å². The molecule has 0 saturated heterocycles. The molecule has 2 aromatic heterocycles. The molecule has 2 unspecified atom stereocenters. The van der Waals surface area contributed by atoms with Crippen LogP contribution in [0.3, 0.4) is 0 Å². The molecule has 14 nitrogen and oxygen atoms in total. The molecule has 0 aliphatic rings. The van der Waals surface area contributed by atoms with E-state index in [1.165, 1.54) is 13.2 Å². The predicted molar refractivity (Wildman–Crippen MR) is 137 cm³/mol. The molecular weight excluding hydrogens is 572 g/mol. The number of aromatic hydroxyl groups is 1. The second kappa shape index (κ2) is 13.5. The largest absolute Gasteiger partial charge is 0.502 e. The van der Waals surface area contributed by atoms with Gasteiger partial charge in [-0.2, -0.15) is 33.6 Å². The van der Waals surface area contributed by atoms with Crippen LogP contribution in [-0.2, 0) is 25.0 Å². The molecule has 18 heteroatoms. The molecule has 0 bridgehead atoms. The van der Waals surface area contributed by atoms with Crippen molar-refractivity contribution in [3.8, 4) is 11.6 Å². The summed E-state index contributed by atoms with van der Waals surface area (Å²) in [7, 11) is -7.24. The van der Waals surface area contributed by atoms with Gasteiger partial charge in [-0.3, -0.25) is 18.7 Å². The van der Waals surface area contributed by atoms with Gasteiger partial charge in [0.15, 0.2) is 5.75 Å². The summed E-state index contributed by atoms with van der Waals surface area (Å²) >= 11 is 2.01. The summed E-state index contributed by atoms with van der Waals surface area (Å²) < 4.78 is 67.6. The number of hydrogen-bond acceptors (Lipinski definition) is 13. The third kappa shape index (κ3) is 11.3. The highest BCUT2D eigenvalue weighted by molar-refractivity contribution is 8.00. The van der Waals surface area contributed by atoms with Gasteiger partial charge in [-0.15, -0.1) is 11.8 Å². The Morgan fingerprint density at radius 2 is 1.62 bits per heavy atom. The fourth-order valence-corrected chi connectivity index (χ4v) is 7.19. The average molecular weight is 599 g/mol. The highest BCUT2D eigenvalue weighted by Crippen LogP contribution is 2.36. The molecule has 4 N–H and O–H groups in total. The third-order valence-corrected chi connectivity index (χ3v) is 9.02. The quantitative estimate of drug-likeness (QED) is 0.209. The van der Waals surface area contributed by atoms with Crippen molar-refractivity contribution in [2.45, 2.75) is 30.3 Å². The van der Waals surface area contributed by atoms with Gasteiger partial charge in [0.2, 0.25) is 0 Å². The summed E-state index contributed by atoms with van der Waals surface area (Å²) in [5.74, 6) is -1.82. The second-order valence-electron chi connectivity index (χ2n) is 7.62. The van der Waals surface area contributed by atoms with E-state index in [1.54, 1.807) is 6.92 Å². The molecule has 0 radical (unpaired) electrons. The third-order valence-electron chi connectivity index (χ3n) is 4.59. The van der Waals surface area contributed by atoms with Gasteiger partial charge in [0.1, 0.15) is 17.4 Å². The van der Waals surface area contributed by atoms with E-state index in [1.807, 2.05) is 0 Å². The number of H-pyrrole nitrogens is 1. The average Bonchev–Trinajstić information content (AvgIpc) is 2.76. The molecule has 0 saturated carbocycles. The van der Waals surface area contributed by atoms with Crippen LogP contribution in [0.5, 0.6) is 11.6 Å². The van der Waals surface area contributed by atoms with Crippen molar-refractivity contribution in [3.05, 3.63) is 40.0 Å². The molecule has 0 amide bonds. The summed E-state index contributed by atoms with van der Waals surface area (Å²) in [4.78, 5) is 39.9. The number of thioether (sulfide) groups is 2. The van der Waals surface area contributed by atoms with Crippen LogP contribution in [0.25, 0.3) is 0 Å². The minimum Gasteiger partial charge on any atom is -0.502 e. The van der Waals surface area contributed by atoms with Crippen LogP contribution in [0.4, 0.5) is 0 Å². The number of hydrogen-bond donors (Lipinski definition) is 4. The number of methoxy groups -OCH3 is 1. The lowest BCUT2D eigenvalue weighted by atomic mass is 10.1. The van der Waals surface area contributed by atoms with Gasteiger partial charge in [-0.1, -0.05) is 0 Å². The Bertz CT molecular complexity index is 1370. The predicted octanol–water partition coefficient (Wildman–Crippen LogP) is 0.956. The van der Waals surface area contributed by atoms with Crippen LogP contribution >= 0.6 is 23.5 Å². The van der Waals surface area contributed by atoms with E-state index in [4.69, 9.17) is 13.8 Å². The zero-order chi connectivity index (χ0) is 27.8. The summed E-state index contributed by atoms with van der Waals surface area (Å²) in [5, 5.41) is 8.26. The first-order valence-corrected chi connectivity index (χ1v) is 15.8. The number of carbonyl (C=O) groups is 1. The first-order chi connectivity index (χ1) is 17.2. The van der Waals surface area contributed by atoms with Gasteiger partial charge in [0.25, 0.3) is 31.7 Å². The Morgan fingerprint density at radius 3 is 2.16 bits per heavy atom. The first kappa shape index (κ1) is 31.0. The first-order valence-electron chi connectivity index (χ1n) is 10.5. The van der Waals surface area contributed by atoms with E-state index in [9.17, 15) is 31.5 Å². The van der Waals surface area contributed by atoms with Crippen LogP contribution in [0, 0.1) is 6.92 Å². The molecular formula is C19H26N4O10S4. The van der Waals surface area contributed by atoms with Crippen molar-refractivity contribution in [2.24, 2.45) is 0 Å². The van der Waals surface area contributed by atoms with Crippen LogP contribution in [-0.4, -0.2) is 86.9 Å². The van der Waals surface area contributed by atoms with Crippen molar-refractivity contribution in [2.75, 3.05) is 30.1 Å². The molecule has 0 aliphatic carbocycles. The number of nitrogens with one attached hydrogen (secondary N) is 1. The van der Waals surface area contributed by atoms with Gasteiger partial charge < -0.3 is 14.8 Å². The lowest BCUT2D eigenvalue weighted by Crippen LogP contribution is -2.17. The van der Waals surface area contributed by atoms with Gasteiger partial charge in [0.05, 0.1) is 41.0 Å². The number of aromatic amines is 1. The second-order valence-corrected chi connectivity index (χ2v) is 13.4. The number of rotatable bonds is 15. The van der Waals surface area contributed by atoms with Gasteiger partial charge in [-0.25, -0.2) is 9.97 Å². The molecule has 0 spiro atoms. The molecule has 2 heterocycles. The van der Waals surface area contributed by atoms with Gasteiger partial charge >= 0.3 is 0 Å². The van der Waals surface area contributed by atoms with Crippen molar-refractivity contribution in [1.29, 1.82) is 0 Å². The number of ether oxygens (including phenoxy) is 1. The summed E-state index contributed by atoms with van der Waals surface area (Å²) in [6.45, 7) is 1.55. The number of nitrogens with zero attached hydrogens (tertiary/aromatic N) is 3. The number of Topliss-reactive ketones (excluding diaryl/α,β-unsaturated/α-hetero) is 1. The zero-order valence-corrected chi connectivity index (χ0v) is 23.0. The van der Waals surface area contributed by atoms with Gasteiger partial charge in [0, 0.05) is 30.4 Å². The lowest BCUT2D eigenvalue weighted by Gasteiger charge is -2.18. The molecule has 0 aromatic carbocycles. The topological polar surface area (TPSA) is 227 Å². The van der Waals surface area contributed by atoms with Crippen molar-refractivity contribution in [3.63, 3.8) is 0 Å². The van der Waals surface area contributed by atoms with Crippen LogP contribution in [0.15, 0.2) is 17.1 Å². The maximum atomic E-state index is 13.1. The molecule has 0 aliphatic heterocycles. The van der Waals surface area contributed by atoms with E-state index in [-0.39, 0.29) is 53.3 Å². The maximum Gasteiger partial charge on any atom is 0.265 e. The van der Waals surface area contributed by atoms with Gasteiger partial charge in [-0.05, 0) is 6.92 Å². The van der Waals surface area contributed by atoms with Crippen molar-refractivity contribution < 1.29 is 40.6 Å². The Morgan fingerprint density at radius 1 is 1.05 bits per heavy atom. The number of carbonyl (C=O) groups excluding carboxylic acids is 1. The molecule has 0 fully saturated rings. The Hall–Kier alpha value is -2.25. The van der Waals surface area contributed by atoms with Crippen molar-refractivity contribution in [1.82, 2.24) is 19.9 Å². The SMILES string of the molecule is COc1nc(C(CC(=O)CC(SCCS(=O)(=O)O)c2cc(=O)[nH]c(C)n2)SCCS(=O)(=O)O)ncc1O. The minimum atomic E-state index is -4.26. The summed E-state index contributed by atoms with van der Waals surface area (Å²) in [6, 6.07) is 1.19. The highest BCUT2D eigenvalue weighted by Gasteiger charge is 2.26. The standard InChI is InChI=1S/C19H26N4O10S4/c1-11-21-13(9-17(26)22-11)15(34-3-5-36(27,28)29)7-12(24)8-16(35-4-6-37(30,31)32)18-20-10-14(25)19(23-18)33-2/h9-10,15-16,25H,3-8H2,1-2H3,(H,21,22,26)(H,27,28,29)(H,30,31,32). The number of ketones is 1. The minimum absolute atomic E-state index is 0.0732. The van der Waals surface area contributed by atoms with Crippen molar-refractivity contribution >= 4 is 49.5 Å². The monoisotopic (exact) mass is 598 g/mol. The molecule has 2 atom stereocenters. The number of aryl methyl sites for hydroxylation is 1. The van der Waals surface area contributed by atoms with E-state index >= 15 is 0 Å². The smallest absolute Gasteiger partial charge is 0.265 e. The van der Waals surface area contributed by atoms with E-state index < -0.39 is 47.8 Å². The fourth-order valence-electron chi connectivity index (χ4n) is 3.01. The Kier molecular flexibility index (Phi) is 11.3. The Labute approximate surface area is 221 Å². The normalized spacial score (nSPS) is 13.7. The highest BCUT2D eigenvalue weighted by atomic mass is 32.2. The zero-order valence-electron chi connectivity index (χ0n) is 19.7. The molecule has 2 rings (SSSR count). The fraction of sp³-hybridized carbons (Fsp3) is 0.526. The molecule has 2 aromatic rings. The lowest BCUT2D eigenvalue weighted by molar-refractivity contribution is -0.119. The van der Waals surface area contributed by atoms with Crippen LogP contribution in [0.1, 0.15) is 40.7 Å². The van der Waals surface area contributed by atoms with E-state index in [0.29, 0.717) is 5.82 Å². The Balaban J connectivity index is 2.27.